The van der Waals surface area contributed by atoms with E-state index in [1.165, 1.54) is 22.9 Å². The normalized spacial score (nSPS) is 17.4. The molecule has 6 heteroatoms. The van der Waals surface area contributed by atoms with Crippen molar-refractivity contribution >= 4 is 16.8 Å². The van der Waals surface area contributed by atoms with E-state index in [2.05, 4.69) is 29.0 Å². The number of hydrogen-bond acceptors (Lipinski definition) is 3. The number of hydrogen-bond donors (Lipinski definition) is 0. The topological polar surface area (TPSA) is 56.5 Å². The number of aryl methyl sites for hydroxylation is 1. The smallest absolute Gasteiger partial charge is 0.263 e. The van der Waals surface area contributed by atoms with E-state index < -0.39 is 0 Å². The number of nitrogens with zero attached hydrogens (tertiary/aromatic N) is 3. The van der Waals surface area contributed by atoms with Crippen molar-refractivity contribution in [3.63, 3.8) is 0 Å². The molecule has 5 rings (SSSR count). The second-order valence-corrected chi connectivity index (χ2v) is 8.55. The van der Waals surface area contributed by atoms with Crippen LogP contribution in [0.1, 0.15) is 36.0 Å². The van der Waals surface area contributed by atoms with Gasteiger partial charge in [0.05, 0.1) is 5.52 Å². The van der Waals surface area contributed by atoms with Crippen LogP contribution in [0.5, 0.6) is 5.75 Å². The lowest BCUT2D eigenvalue weighted by atomic mass is 10.1. The van der Waals surface area contributed by atoms with Crippen LogP contribution in [-0.4, -0.2) is 39.1 Å². The summed E-state index contributed by atoms with van der Waals surface area (Å²) < 4.78 is 10.1. The molecule has 1 aromatic carbocycles. The number of pyridine rings is 1. The number of amides is 1. The zero-order chi connectivity index (χ0) is 20.7. The van der Waals surface area contributed by atoms with Crippen molar-refractivity contribution in [2.24, 2.45) is 13.0 Å². The van der Waals surface area contributed by atoms with Gasteiger partial charge in [-0.05, 0) is 49.1 Å². The van der Waals surface area contributed by atoms with Gasteiger partial charge in [0, 0.05) is 57.3 Å². The highest BCUT2D eigenvalue weighted by molar-refractivity contribution is 5.94. The third-order valence-electron chi connectivity index (χ3n) is 6.30. The van der Waals surface area contributed by atoms with Crippen LogP contribution in [0.3, 0.4) is 0 Å². The third-order valence-corrected chi connectivity index (χ3v) is 6.30. The maximum atomic E-state index is 12.8. The number of aromatic nitrogens is 2. The van der Waals surface area contributed by atoms with Crippen molar-refractivity contribution in [2.45, 2.75) is 38.3 Å². The minimum atomic E-state index is -0.247. The molecule has 2 aliphatic rings. The van der Waals surface area contributed by atoms with Gasteiger partial charge in [0.15, 0.2) is 0 Å². The number of ether oxygens (including phenoxy) is 1. The average molecular weight is 405 g/mol. The maximum absolute atomic E-state index is 12.8. The number of likely N-dealkylation sites (tertiary alicyclic amines) is 1. The van der Waals surface area contributed by atoms with E-state index in [-0.39, 0.29) is 23.1 Å². The fraction of sp³-hybridized carbons (Fsp3) is 0.417. The van der Waals surface area contributed by atoms with E-state index in [0.29, 0.717) is 13.1 Å². The van der Waals surface area contributed by atoms with Gasteiger partial charge in [-0.15, -0.1) is 0 Å². The Bertz CT molecular complexity index is 1130. The largest absolute Gasteiger partial charge is 0.490 e. The predicted octanol–water partition coefficient (Wildman–Crippen LogP) is 3.43. The monoisotopic (exact) mass is 405 g/mol. The Balaban J connectivity index is 1.25. The van der Waals surface area contributed by atoms with Crippen LogP contribution in [0.15, 0.2) is 53.6 Å². The lowest BCUT2D eigenvalue weighted by Gasteiger charge is -2.32. The van der Waals surface area contributed by atoms with E-state index in [1.807, 2.05) is 6.07 Å². The number of carbonyl (C=O) groups excluding carboxylic acids is 1. The molecular formula is C24H27N3O3. The van der Waals surface area contributed by atoms with Gasteiger partial charge in [0.2, 0.25) is 0 Å². The molecule has 3 heterocycles. The lowest BCUT2D eigenvalue weighted by Crippen LogP contribution is -2.43. The van der Waals surface area contributed by atoms with Gasteiger partial charge in [-0.1, -0.05) is 6.07 Å². The minimum absolute atomic E-state index is 0.0741. The fourth-order valence-corrected chi connectivity index (χ4v) is 4.32. The fourth-order valence-electron chi connectivity index (χ4n) is 4.32. The molecule has 0 N–H and O–H groups in total. The van der Waals surface area contributed by atoms with Gasteiger partial charge in [-0.3, -0.25) is 9.59 Å². The van der Waals surface area contributed by atoms with E-state index >= 15 is 0 Å². The summed E-state index contributed by atoms with van der Waals surface area (Å²) >= 11 is 0. The van der Waals surface area contributed by atoms with Crippen molar-refractivity contribution in [3.8, 4) is 5.75 Å². The van der Waals surface area contributed by atoms with Crippen LogP contribution < -0.4 is 10.3 Å². The standard InChI is InChI=1S/C24H27N3O3/c1-25-12-3-4-20(23(25)28)24(29)26-13-9-18(10-14-26)30-22-6-2-5-21-19(22)11-15-27(21)16-17-7-8-17/h2-6,11-12,15,17-18H,7-10,13-14,16H2,1H3. The molecule has 2 aromatic heterocycles. The van der Waals surface area contributed by atoms with Gasteiger partial charge >= 0.3 is 0 Å². The molecule has 2 fully saturated rings. The highest BCUT2D eigenvalue weighted by atomic mass is 16.5. The molecule has 1 amide bonds. The van der Waals surface area contributed by atoms with Crippen LogP contribution in [-0.2, 0) is 13.6 Å². The zero-order valence-corrected chi connectivity index (χ0v) is 17.3. The number of carbonyl (C=O) groups is 1. The van der Waals surface area contributed by atoms with E-state index in [1.54, 1.807) is 30.3 Å². The molecule has 0 radical (unpaired) electrons. The lowest BCUT2D eigenvalue weighted by molar-refractivity contribution is 0.0596. The second-order valence-electron chi connectivity index (χ2n) is 8.55. The first-order chi connectivity index (χ1) is 14.6. The first kappa shape index (κ1) is 19.0. The molecule has 1 saturated heterocycles. The summed E-state index contributed by atoms with van der Waals surface area (Å²) in [5.41, 5.74) is 1.22. The molecule has 0 bridgehead atoms. The summed E-state index contributed by atoms with van der Waals surface area (Å²) in [7, 11) is 1.66. The number of benzene rings is 1. The molecular weight excluding hydrogens is 378 g/mol. The third kappa shape index (κ3) is 3.62. The Morgan fingerprint density at radius 2 is 1.83 bits per heavy atom. The summed E-state index contributed by atoms with van der Waals surface area (Å²) in [4.78, 5) is 26.8. The Morgan fingerprint density at radius 3 is 2.60 bits per heavy atom. The van der Waals surface area contributed by atoms with Crippen LogP contribution in [0.4, 0.5) is 0 Å². The van der Waals surface area contributed by atoms with Crippen molar-refractivity contribution in [1.29, 1.82) is 0 Å². The average Bonchev–Trinajstić information content (AvgIpc) is 3.48. The summed E-state index contributed by atoms with van der Waals surface area (Å²) in [6, 6.07) is 11.8. The van der Waals surface area contributed by atoms with E-state index in [9.17, 15) is 9.59 Å². The minimum Gasteiger partial charge on any atom is -0.490 e. The Kier molecular flexibility index (Phi) is 4.85. The molecule has 0 unspecified atom stereocenters. The second kappa shape index (κ2) is 7.67. The highest BCUT2D eigenvalue weighted by Gasteiger charge is 2.27. The van der Waals surface area contributed by atoms with Crippen molar-refractivity contribution in [1.82, 2.24) is 14.0 Å². The molecule has 1 aliphatic carbocycles. The van der Waals surface area contributed by atoms with Gasteiger partial charge in [-0.2, -0.15) is 0 Å². The molecule has 1 saturated carbocycles. The maximum Gasteiger partial charge on any atom is 0.263 e. The summed E-state index contributed by atoms with van der Waals surface area (Å²) in [6.45, 7) is 2.28. The molecule has 0 spiro atoms. The SMILES string of the molecule is Cn1cccc(C(=O)N2CCC(Oc3cccc4c3ccn4CC3CC3)CC2)c1=O. The van der Waals surface area contributed by atoms with Crippen molar-refractivity contribution in [3.05, 3.63) is 64.7 Å². The predicted molar refractivity (Wildman–Crippen MR) is 116 cm³/mol. The van der Waals surface area contributed by atoms with Gasteiger partial charge < -0.3 is 18.8 Å². The summed E-state index contributed by atoms with van der Waals surface area (Å²) in [5.74, 6) is 1.56. The highest BCUT2D eigenvalue weighted by Crippen LogP contribution is 2.34. The number of rotatable bonds is 5. The van der Waals surface area contributed by atoms with E-state index in [4.69, 9.17) is 4.74 Å². The molecule has 1 aliphatic heterocycles. The number of piperidine rings is 1. The van der Waals surface area contributed by atoms with Crippen molar-refractivity contribution in [2.75, 3.05) is 13.1 Å². The van der Waals surface area contributed by atoms with Crippen LogP contribution in [0, 0.1) is 5.92 Å². The Hall–Kier alpha value is -3.02. The van der Waals surface area contributed by atoms with Gasteiger partial charge in [-0.25, -0.2) is 0 Å². The molecule has 6 nitrogen and oxygen atoms in total. The van der Waals surface area contributed by atoms with Crippen molar-refractivity contribution < 1.29 is 9.53 Å². The van der Waals surface area contributed by atoms with Crippen LogP contribution in [0.25, 0.3) is 10.9 Å². The Morgan fingerprint density at radius 1 is 1.03 bits per heavy atom. The van der Waals surface area contributed by atoms with E-state index in [0.717, 1.165) is 36.4 Å². The quantitative estimate of drug-likeness (QED) is 0.653. The zero-order valence-electron chi connectivity index (χ0n) is 17.3. The first-order valence-corrected chi connectivity index (χ1v) is 10.8. The summed E-state index contributed by atoms with van der Waals surface area (Å²) in [5, 5.41) is 1.16. The molecule has 30 heavy (non-hydrogen) atoms. The Labute approximate surface area is 175 Å². The van der Waals surface area contributed by atoms with Crippen LogP contribution in [0.2, 0.25) is 0 Å². The molecule has 0 atom stereocenters. The molecule has 3 aromatic rings. The van der Waals surface area contributed by atoms with Gasteiger partial charge in [0.1, 0.15) is 17.4 Å². The summed E-state index contributed by atoms with van der Waals surface area (Å²) in [6.07, 6.45) is 8.10. The molecule has 156 valence electrons. The van der Waals surface area contributed by atoms with Gasteiger partial charge in [0.25, 0.3) is 11.5 Å². The number of fused-ring (bicyclic) bond motifs is 1. The van der Waals surface area contributed by atoms with Crippen LogP contribution >= 0.6 is 0 Å². The first-order valence-electron chi connectivity index (χ1n) is 10.8.